The number of phenolic OH excluding ortho intramolecular Hbond substituents is 2. The van der Waals surface area contributed by atoms with E-state index in [1.165, 1.54) is 11.8 Å². The first kappa shape index (κ1) is 14.6. The van der Waals surface area contributed by atoms with Gasteiger partial charge in [0.25, 0.3) is 0 Å². The molecule has 24 heavy (non-hydrogen) atoms. The van der Waals surface area contributed by atoms with Crippen molar-refractivity contribution < 1.29 is 10.2 Å². The van der Waals surface area contributed by atoms with Crippen molar-refractivity contribution >= 4 is 22.8 Å². The minimum Gasteiger partial charge on any atom is -0.507 e. The van der Waals surface area contributed by atoms with Crippen LogP contribution in [0.4, 0.5) is 0 Å². The number of thioether (sulfide) groups is 1. The summed E-state index contributed by atoms with van der Waals surface area (Å²) in [5.41, 5.74) is 2.80. The highest BCUT2D eigenvalue weighted by Gasteiger charge is 2.10. The summed E-state index contributed by atoms with van der Waals surface area (Å²) >= 11 is 1.33. The first-order chi connectivity index (χ1) is 11.7. The first-order valence-corrected chi connectivity index (χ1v) is 8.30. The molecular weight excluding hydrogens is 324 g/mol. The van der Waals surface area contributed by atoms with Crippen molar-refractivity contribution in [3.63, 3.8) is 0 Å². The molecule has 0 saturated heterocycles. The third kappa shape index (κ3) is 2.69. The number of aromatic nitrogens is 4. The number of benzene rings is 2. The van der Waals surface area contributed by atoms with Crippen LogP contribution in [0.2, 0.25) is 0 Å². The Balaban J connectivity index is 1.59. The van der Waals surface area contributed by atoms with Crippen LogP contribution >= 0.6 is 11.8 Å². The Hall–Kier alpha value is -2.93. The first-order valence-electron chi connectivity index (χ1n) is 7.31. The lowest BCUT2D eigenvalue weighted by Gasteiger charge is -2.04. The zero-order valence-corrected chi connectivity index (χ0v) is 13.4. The molecule has 0 aliphatic carbocycles. The van der Waals surface area contributed by atoms with Gasteiger partial charge in [0, 0.05) is 18.1 Å². The van der Waals surface area contributed by atoms with Crippen LogP contribution in [-0.2, 0) is 5.75 Å². The third-order valence-electron chi connectivity index (χ3n) is 3.64. The van der Waals surface area contributed by atoms with E-state index in [2.05, 4.69) is 15.0 Å². The molecule has 0 radical (unpaired) electrons. The number of nitrogens with one attached hydrogen (secondary N) is 1. The molecule has 0 spiro atoms. The SMILES string of the molecule is Oc1cccc(O)c1SCc1nc2ccc(-n3ccnc3)cc2[nH]1. The summed E-state index contributed by atoms with van der Waals surface area (Å²) in [6, 6.07) is 10.7. The topological polar surface area (TPSA) is 87.0 Å². The average Bonchev–Trinajstić information content (AvgIpc) is 3.23. The van der Waals surface area contributed by atoms with Crippen molar-refractivity contribution in [2.24, 2.45) is 0 Å². The molecule has 0 bridgehead atoms. The van der Waals surface area contributed by atoms with Crippen molar-refractivity contribution in [3.8, 4) is 17.2 Å². The van der Waals surface area contributed by atoms with Gasteiger partial charge in [-0.15, -0.1) is 11.8 Å². The van der Waals surface area contributed by atoms with E-state index in [9.17, 15) is 10.2 Å². The standard InChI is InChI=1S/C17H14N4O2S/c22-14-2-1-3-15(23)17(14)24-9-16-19-12-5-4-11(8-13(12)20-16)21-7-6-18-10-21/h1-8,10,22-23H,9H2,(H,19,20). The zero-order chi connectivity index (χ0) is 16.5. The number of phenols is 2. The molecule has 2 heterocycles. The summed E-state index contributed by atoms with van der Waals surface area (Å²) in [7, 11) is 0. The van der Waals surface area contributed by atoms with Crippen LogP contribution in [0, 0.1) is 0 Å². The Kier molecular flexibility index (Phi) is 3.62. The van der Waals surface area contributed by atoms with E-state index < -0.39 is 0 Å². The molecule has 2 aromatic carbocycles. The van der Waals surface area contributed by atoms with Crippen molar-refractivity contribution in [2.75, 3.05) is 0 Å². The molecule has 120 valence electrons. The molecule has 7 heteroatoms. The van der Waals surface area contributed by atoms with Gasteiger partial charge in [0.05, 0.1) is 28.0 Å². The number of fused-ring (bicyclic) bond motifs is 1. The summed E-state index contributed by atoms with van der Waals surface area (Å²) in [5.74, 6) is 1.43. The van der Waals surface area contributed by atoms with Gasteiger partial charge in [0.1, 0.15) is 17.3 Å². The Morgan fingerprint density at radius 1 is 1.12 bits per heavy atom. The monoisotopic (exact) mass is 338 g/mol. The predicted octanol–water partition coefficient (Wildman–Crippen LogP) is 3.45. The molecule has 0 atom stereocenters. The van der Waals surface area contributed by atoms with Gasteiger partial charge in [0.15, 0.2) is 0 Å². The molecule has 2 aromatic heterocycles. The number of H-pyrrole nitrogens is 1. The molecule has 0 fully saturated rings. The molecule has 0 aliphatic heterocycles. The quantitative estimate of drug-likeness (QED) is 0.496. The molecule has 0 aliphatic rings. The minimum absolute atomic E-state index is 0.0681. The van der Waals surface area contributed by atoms with Crippen molar-refractivity contribution in [1.82, 2.24) is 19.5 Å². The van der Waals surface area contributed by atoms with Gasteiger partial charge < -0.3 is 19.8 Å². The summed E-state index contributed by atoms with van der Waals surface area (Å²) in [6.07, 6.45) is 5.36. The molecule has 0 amide bonds. The third-order valence-corrected chi connectivity index (χ3v) is 4.77. The van der Waals surface area contributed by atoms with Crippen molar-refractivity contribution in [1.29, 1.82) is 0 Å². The fourth-order valence-electron chi connectivity index (χ4n) is 2.49. The van der Waals surface area contributed by atoms with E-state index in [0.29, 0.717) is 10.6 Å². The number of imidazole rings is 2. The highest BCUT2D eigenvalue weighted by atomic mass is 32.2. The van der Waals surface area contributed by atoms with Crippen molar-refractivity contribution in [3.05, 3.63) is 60.9 Å². The van der Waals surface area contributed by atoms with Gasteiger partial charge in [-0.25, -0.2) is 9.97 Å². The molecule has 0 saturated carbocycles. The van der Waals surface area contributed by atoms with Crippen LogP contribution in [0.5, 0.6) is 11.5 Å². The highest BCUT2D eigenvalue weighted by Crippen LogP contribution is 2.37. The van der Waals surface area contributed by atoms with Gasteiger partial charge >= 0.3 is 0 Å². The van der Waals surface area contributed by atoms with E-state index in [4.69, 9.17) is 0 Å². The second kappa shape index (κ2) is 5.93. The lowest BCUT2D eigenvalue weighted by atomic mass is 10.3. The highest BCUT2D eigenvalue weighted by molar-refractivity contribution is 7.98. The maximum Gasteiger partial charge on any atom is 0.132 e. The number of aromatic amines is 1. The Morgan fingerprint density at radius 3 is 2.71 bits per heavy atom. The van der Waals surface area contributed by atoms with E-state index in [0.717, 1.165) is 22.5 Å². The maximum absolute atomic E-state index is 9.83. The second-order valence-corrected chi connectivity index (χ2v) is 6.25. The number of hydrogen-bond acceptors (Lipinski definition) is 5. The number of aromatic hydroxyl groups is 2. The van der Waals surface area contributed by atoms with E-state index in [1.807, 2.05) is 29.0 Å². The Labute approximate surface area is 141 Å². The van der Waals surface area contributed by atoms with Crippen molar-refractivity contribution in [2.45, 2.75) is 10.6 Å². The minimum atomic E-state index is 0.0681. The van der Waals surface area contributed by atoms with Gasteiger partial charge in [-0.3, -0.25) is 0 Å². The lowest BCUT2D eigenvalue weighted by molar-refractivity contribution is 0.428. The summed E-state index contributed by atoms with van der Waals surface area (Å²) < 4.78 is 1.93. The van der Waals surface area contributed by atoms with Crippen LogP contribution in [0.3, 0.4) is 0 Å². The van der Waals surface area contributed by atoms with Gasteiger partial charge in [0.2, 0.25) is 0 Å². The molecule has 3 N–H and O–H groups in total. The molecule has 4 aromatic rings. The summed E-state index contributed by atoms with van der Waals surface area (Å²) in [5, 5.41) is 19.7. The number of rotatable bonds is 4. The molecule has 4 rings (SSSR count). The lowest BCUT2D eigenvalue weighted by Crippen LogP contribution is -1.88. The molecular formula is C17H14N4O2S. The van der Waals surface area contributed by atoms with E-state index in [1.54, 1.807) is 30.7 Å². The zero-order valence-electron chi connectivity index (χ0n) is 12.5. The van der Waals surface area contributed by atoms with E-state index in [-0.39, 0.29) is 11.5 Å². The van der Waals surface area contributed by atoms with E-state index >= 15 is 0 Å². The van der Waals surface area contributed by atoms with Crippen LogP contribution < -0.4 is 0 Å². The van der Waals surface area contributed by atoms with Gasteiger partial charge in [-0.2, -0.15) is 0 Å². The largest absolute Gasteiger partial charge is 0.507 e. The normalized spacial score (nSPS) is 11.2. The maximum atomic E-state index is 9.83. The van der Waals surface area contributed by atoms with Crippen LogP contribution in [-0.4, -0.2) is 29.7 Å². The Morgan fingerprint density at radius 2 is 1.96 bits per heavy atom. The van der Waals surface area contributed by atoms with Crippen LogP contribution in [0.25, 0.3) is 16.7 Å². The summed E-state index contributed by atoms with van der Waals surface area (Å²) in [4.78, 5) is 12.3. The molecule has 6 nitrogen and oxygen atoms in total. The summed E-state index contributed by atoms with van der Waals surface area (Å²) in [6.45, 7) is 0. The van der Waals surface area contributed by atoms with Gasteiger partial charge in [-0.1, -0.05) is 6.07 Å². The fraction of sp³-hybridized carbons (Fsp3) is 0.0588. The number of nitrogens with zero attached hydrogens (tertiary/aromatic N) is 3. The van der Waals surface area contributed by atoms with Crippen LogP contribution in [0.15, 0.2) is 60.0 Å². The second-order valence-electron chi connectivity index (χ2n) is 5.27. The van der Waals surface area contributed by atoms with Crippen LogP contribution in [0.1, 0.15) is 5.82 Å². The predicted molar refractivity (Wildman–Crippen MR) is 92.5 cm³/mol. The number of hydrogen-bond donors (Lipinski definition) is 3. The Bertz CT molecular complexity index is 975. The average molecular weight is 338 g/mol. The van der Waals surface area contributed by atoms with Gasteiger partial charge in [-0.05, 0) is 30.3 Å². The molecule has 0 unspecified atom stereocenters. The smallest absolute Gasteiger partial charge is 0.132 e. The fourth-order valence-corrected chi connectivity index (χ4v) is 3.34.